The Bertz CT molecular complexity index is 972. The van der Waals surface area contributed by atoms with Crippen molar-refractivity contribution < 1.29 is 18.3 Å². The average Bonchev–Trinajstić information content (AvgIpc) is 3.10. The van der Waals surface area contributed by atoms with Crippen LogP contribution in [0.15, 0.2) is 24.3 Å². The largest absolute Gasteiger partial charge is 0.366 e. The highest BCUT2D eigenvalue weighted by Gasteiger charge is 2.15. The van der Waals surface area contributed by atoms with E-state index in [0.29, 0.717) is 17.5 Å². The van der Waals surface area contributed by atoms with Crippen molar-refractivity contribution >= 4 is 18.0 Å². The van der Waals surface area contributed by atoms with Crippen molar-refractivity contribution in [3.05, 3.63) is 52.1 Å². The van der Waals surface area contributed by atoms with Crippen LogP contribution in [0, 0.1) is 24.7 Å². The van der Waals surface area contributed by atoms with Crippen LogP contribution in [-0.2, 0) is 16.1 Å². The third-order valence-electron chi connectivity index (χ3n) is 5.95. The molecule has 1 fully saturated rings. The lowest BCUT2D eigenvalue weighted by Gasteiger charge is -2.20. The number of carbonyl (C=O) groups is 1. The average molecular weight is 494 g/mol. The summed E-state index contributed by atoms with van der Waals surface area (Å²) >= 11 is 6.20. The van der Waals surface area contributed by atoms with Gasteiger partial charge in [-0.05, 0) is 62.6 Å². The third-order valence-corrected chi connectivity index (χ3v) is 6.24. The molecule has 0 aliphatic heterocycles. The Morgan fingerprint density at radius 2 is 1.91 bits per heavy atom. The van der Waals surface area contributed by atoms with Crippen LogP contribution in [0.3, 0.4) is 0 Å². The molecule has 0 unspecified atom stereocenters. The zero-order valence-electron chi connectivity index (χ0n) is 20.3. The summed E-state index contributed by atoms with van der Waals surface area (Å²) in [7, 11) is 1.59. The molecule has 1 aliphatic rings. The zero-order chi connectivity index (χ0) is 25.1. The maximum Gasteiger partial charge on any atom is 0.263 e. The van der Waals surface area contributed by atoms with Crippen LogP contribution in [0.2, 0.25) is 5.28 Å². The maximum atomic E-state index is 12.6. The summed E-state index contributed by atoms with van der Waals surface area (Å²) in [5.74, 6) is 6.75. The number of nitrogens with one attached hydrogen (secondary N) is 1. The number of amides is 1. The minimum Gasteiger partial charge on any atom is -0.366 e. The van der Waals surface area contributed by atoms with Gasteiger partial charge in [0.2, 0.25) is 11.7 Å². The van der Waals surface area contributed by atoms with Gasteiger partial charge in [-0.2, -0.15) is 0 Å². The predicted octanol–water partition coefficient (Wildman–Crippen LogP) is 5.92. The molecule has 8 heteroatoms. The zero-order valence-corrected chi connectivity index (χ0v) is 21.1. The number of carbonyl (C=O) groups excluding carboxylic acids is 1. The van der Waals surface area contributed by atoms with Gasteiger partial charge >= 0.3 is 0 Å². The fourth-order valence-corrected chi connectivity index (χ4v) is 3.89. The van der Waals surface area contributed by atoms with Gasteiger partial charge in [0.15, 0.2) is 0 Å². The molecule has 0 spiro atoms. The van der Waals surface area contributed by atoms with E-state index in [9.17, 15) is 13.6 Å². The highest BCUT2D eigenvalue weighted by Crippen LogP contribution is 2.23. The Hall–Kier alpha value is -2.43. The Balaban J connectivity index is 0.000000340. The molecule has 1 aromatic carbocycles. The van der Waals surface area contributed by atoms with Gasteiger partial charge in [0, 0.05) is 19.2 Å². The van der Waals surface area contributed by atoms with Gasteiger partial charge in [0.05, 0.1) is 12.2 Å². The minimum atomic E-state index is -2.47. The van der Waals surface area contributed by atoms with Gasteiger partial charge < -0.3 is 14.6 Å². The number of methoxy groups -OCH3 is 1. The first kappa shape index (κ1) is 27.8. The predicted molar refractivity (Wildman–Crippen MR) is 131 cm³/mol. The molecule has 1 amide bonds. The highest BCUT2D eigenvalue weighted by atomic mass is 35.5. The lowest BCUT2D eigenvalue weighted by molar-refractivity contribution is -0.109. The number of nitrogens with zero attached hydrogens (tertiary/aromatic N) is 2. The van der Waals surface area contributed by atoms with E-state index in [2.05, 4.69) is 22.1 Å². The fourth-order valence-electron chi connectivity index (χ4n) is 3.62. The summed E-state index contributed by atoms with van der Waals surface area (Å²) < 4.78 is 32.3. The molecule has 1 heterocycles. The van der Waals surface area contributed by atoms with E-state index in [1.807, 2.05) is 20.8 Å². The first-order valence-electron chi connectivity index (χ1n) is 11.5. The smallest absolute Gasteiger partial charge is 0.263 e. The number of hydrogen-bond acceptors (Lipinski definition) is 3. The summed E-state index contributed by atoms with van der Waals surface area (Å²) in [6, 6.07) is 6.16. The number of aromatic nitrogens is 2. The second-order valence-corrected chi connectivity index (χ2v) is 9.28. The molecule has 2 aromatic rings. The summed E-state index contributed by atoms with van der Waals surface area (Å²) in [6.45, 7) is 6.92. The van der Waals surface area contributed by atoms with Crippen molar-refractivity contribution in [2.75, 3.05) is 13.7 Å². The molecule has 1 saturated carbocycles. The molecule has 186 valence electrons. The Kier molecular flexibility index (Phi) is 11.0. The first-order valence-corrected chi connectivity index (χ1v) is 11.9. The van der Waals surface area contributed by atoms with E-state index >= 15 is 0 Å². The topological polar surface area (TPSA) is 56.2 Å². The van der Waals surface area contributed by atoms with Crippen LogP contribution >= 0.6 is 11.6 Å². The number of halogens is 3. The SMILES string of the molecule is COC(C)(C)C#Cc1nc(Cl)n(Cc2ccc(C(F)F)cc2)c1C.O=CNCC1CCCCC1. The van der Waals surface area contributed by atoms with Crippen LogP contribution in [0.25, 0.3) is 0 Å². The normalized spacial score (nSPS) is 14.1. The second kappa shape index (κ2) is 13.5. The molecule has 0 saturated heterocycles. The van der Waals surface area contributed by atoms with Gasteiger partial charge in [-0.25, -0.2) is 13.8 Å². The van der Waals surface area contributed by atoms with Gasteiger partial charge in [0.25, 0.3) is 6.43 Å². The number of ether oxygens (including phenoxy) is 1. The Labute approximate surface area is 206 Å². The number of alkyl halides is 2. The van der Waals surface area contributed by atoms with Crippen molar-refractivity contribution in [1.82, 2.24) is 14.9 Å². The molecular formula is C26H34ClF2N3O2. The third kappa shape index (κ3) is 8.73. The molecule has 0 bridgehead atoms. The number of imidazole rings is 1. The molecular weight excluding hydrogens is 460 g/mol. The lowest BCUT2D eigenvalue weighted by atomic mass is 9.89. The van der Waals surface area contributed by atoms with Gasteiger partial charge in [-0.15, -0.1) is 0 Å². The van der Waals surface area contributed by atoms with Gasteiger partial charge in [-0.1, -0.05) is 49.4 Å². The van der Waals surface area contributed by atoms with Crippen LogP contribution < -0.4 is 5.32 Å². The second-order valence-electron chi connectivity index (χ2n) is 8.94. The Morgan fingerprint density at radius 3 is 2.47 bits per heavy atom. The number of hydrogen-bond donors (Lipinski definition) is 1. The summed E-state index contributed by atoms with van der Waals surface area (Å²) in [4.78, 5) is 14.2. The maximum absolute atomic E-state index is 12.6. The van der Waals surface area contributed by atoms with E-state index in [1.54, 1.807) is 23.8 Å². The van der Waals surface area contributed by atoms with E-state index < -0.39 is 12.0 Å². The van der Waals surface area contributed by atoms with E-state index in [4.69, 9.17) is 16.3 Å². The quantitative estimate of drug-likeness (QED) is 0.384. The van der Waals surface area contributed by atoms with Crippen molar-refractivity contribution in [3.63, 3.8) is 0 Å². The van der Waals surface area contributed by atoms with Gasteiger partial charge in [-0.3, -0.25) is 4.79 Å². The standard InChI is InChI=1S/C18H19ClF2N2O.C8H15NO/c1-12-15(9-10-18(2,3)24-4)22-17(19)23(12)11-13-5-7-14(8-6-13)16(20)21;10-7-9-6-8-4-2-1-3-5-8/h5-8,16H,11H2,1-4H3;7-8H,1-6H2,(H,9,10). The van der Waals surface area contributed by atoms with Crippen molar-refractivity contribution in [3.8, 4) is 11.8 Å². The van der Waals surface area contributed by atoms with Crippen LogP contribution in [0.4, 0.5) is 8.78 Å². The molecule has 1 aromatic heterocycles. The molecule has 0 atom stereocenters. The monoisotopic (exact) mass is 493 g/mol. The van der Waals surface area contributed by atoms with Crippen molar-refractivity contribution in [2.24, 2.45) is 5.92 Å². The summed E-state index contributed by atoms with van der Waals surface area (Å²) in [5.41, 5.74) is 1.68. The highest BCUT2D eigenvalue weighted by molar-refractivity contribution is 6.28. The van der Waals surface area contributed by atoms with E-state index in [0.717, 1.165) is 30.1 Å². The van der Waals surface area contributed by atoms with Crippen molar-refractivity contribution in [1.29, 1.82) is 0 Å². The van der Waals surface area contributed by atoms with E-state index in [1.165, 1.54) is 44.2 Å². The van der Waals surface area contributed by atoms with Crippen LogP contribution in [-0.4, -0.2) is 35.2 Å². The molecule has 34 heavy (non-hydrogen) atoms. The van der Waals surface area contributed by atoms with Crippen LogP contribution in [0.1, 0.15) is 74.9 Å². The Morgan fingerprint density at radius 1 is 1.26 bits per heavy atom. The van der Waals surface area contributed by atoms with Gasteiger partial charge in [0.1, 0.15) is 11.3 Å². The summed E-state index contributed by atoms with van der Waals surface area (Å²) in [6.07, 6.45) is 5.04. The van der Waals surface area contributed by atoms with Crippen LogP contribution in [0.5, 0.6) is 0 Å². The molecule has 5 nitrogen and oxygen atoms in total. The number of rotatable bonds is 7. The van der Waals surface area contributed by atoms with Crippen molar-refractivity contribution in [2.45, 2.75) is 71.4 Å². The number of benzene rings is 1. The fraction of sp³-hybridized carbons (Fsp3) is 0.538. The molecule has 3 rings (SSSR count). The molecule has 1 N–H and O–H groups in total. The first-order chi connectivity index (χ1) is 16.2. The molecule has 1 aliphatic carbocycles. The minimum absolute atomic E-state index is 0.000512. The molecule has 0 radical (unpaired) electrons. The lowest BCUT2D eigenvalue weighted by Crippen LogP contribution is -2.22. The summed E-state index contributed by atoms with van der Waals surface area (Å²) in [5, 5.41) is 3.05. The van der Waals surface area contributed by atoms with E-state index in [-0.39, 0.29) is 5.56 Å².